The number of benzene rings is 4. The Morgan fingerprint density at radius 1 is 0.762 bits per heavy atom. The maximum Gasteiger partial charge on any atom is 0.408 e. The van der Waals surface area contributed by atoms with Gasteiger partial charge in [-0.05, 0) is 47.6 Å². The number of carbonyl (C=O) groups excluding carboxylic acids is 2. The molecule has 1 N–H and O–H groups in total. The molecular formula is C35H34N2O5. The fourth-order valence-corrected chi connectivity index (χ4v) is 5.73. The van der Waals surface area contributed by atoms with Gasteiger partial charge in [0.15, 0.2) is 0 Å². The van der Waals surface area contributed by atoms with Gasteiger partial charge in [-0.15, -0.1) is 0 Å². The first-order chi connectivity index (χ1) is 20.6. The average Bonchev–Trinajstić information content (AvgIpc) is 3.04. The standard InChI is InChI=1S/C35H34N2O5/c38-34-30(36-35(39)42-24-27-14-8-3-9-15-27)16-17-31-33-28(18-19-37(31)34)20-29(40-22-25-10-4-1-5-11-25)21-32(33)41-23-26-12-6-2-7-13-26/h1-15,20-21,30-31H,16-19,22-24H2,(H,36,39)/t30-,31-/m0/s1. The van der Waals surface area contributed by atoms with E-state index >= 15 is 0 Å². The Balaban J connectivity index is 1.18. The molecule has 0 bridgehead atoms. The Bertz CT molecular complexity index is 1510. The highest BCUT2D eigenvalue weighted by Gasteiger charge is 2.41. The number of carbonyl (C=O) groups is 2. The predicted octanol–water partition coefficient (Wildman–Crippen LogP) is 6.36. The lowest BCUT2D eigenvalue weighted by atomic mass is 9.84. The van der Waals surface area contributed by atoms with Gasteiger partial charge >= 0.3 is 6.09 Å². The number of hydrogen-bond acceptors (Lipinski definition) is 5. The Hall–Kier alpha value is -4.78. The summed E-state index contributed by atoms with van der Waals surface area (Å²) in [5.41, 5.74) is 5.21. The molecule has 2 atom stereocenters. The van der Waals surface area contributed by atoms with Crippen molar-refractivity contribution in [1.82, 2.24) is 10.2 Å². The lowest BCUT2D eigenvalue weighted by molar-refractivity contribution is -0.139. The van der Waals surface area contributed by atoms with Crippen molar-refractivity contribution in [2.45, 2.75) is 51.2 Å². The zero-order chi connectivity index (χ0) is 28.7. The lowest BCUT2D eigenvalue weighted by Gasteiger charge is -2.43. The van der Waals surface area contributed by atoms with Crippen molar-refractivity contribution in [3.05, 3.63) is 131 Å². The molecule has 2 aliphatic rings. The van der Waals surface area contributed by atoms with Gasteiger partial charge in [0.2, 0.25) is 5.91 Å². The van der Waals surface area contributed by atoms with Crippen molar-refractivity contribution in [2.24, 2.45) is 0 Å². The minimum atomic E-state index is -0.617. The molecule has 2 heterocycles. The maximum atomic E-state index is 13.6. The van der Waals surface area contributed by atoms with Crippen LogP contribution in [0.1, 0.15) is 46.7 Å². The maximum absolute atomic E-state index is 13.6. The number of ether oxygens (including phenoxy) is 3. The molecule has 0 unspecified atom stereocenters. The first-order valence-electron chi connectivity index (χ1n) is 14.4. The fraction of sp³-hybridized carbons (Fsp3) is 0.257. The molecule has 2 aliphatic heterocycles. The van der Waals surface area contributed by atoms with Gasteiger partial charge in [0.05, 0.1) is 6.04 Å². The molecule has 6 rings (SSSR count). The fourth-order valence-electron chi connectivity index (χ4n) is 5.73. The highest BCUT2D eigenvalue weighted by Crippen LogP contribution is 2.44. The second kappa shape index (κ2) is 12.8. The topological polar surface area (TPSA) is 77.1 Å². The largest absolute Gasteiger partial charge is 0.489 e. The third-order valence-corrected chi connectivity index (χ3v) is 7.83. The van der Waals surface area contributed by atoms with Crippen LogP contribution < -0.4 is 14.8 Å². The van der Waals surface area contributed by atoms with E-state index in [1.807, 2.05) is 102 Å². The minimum absolute atomic E-state index is 0.0908. The molecule has 0 radical (unpaired) electrons. The number of alkyl carbamates (subject to hydrolysis) is 1. The van der Waals surface area contributed by atoms with Crippen LogP contribution in [0.2, 0.25) is 0 Å². The van der Waals surface area contributed by atoms with Crippen LogP contribution in [0.4, 0.5) is 4.79 Å². The summed E-state index contributed by atoms with van der Waals surface area (Å²) in [5, 5.41) is 2.79. The van der Waals surface area contributed by atoms with Gasteiger partial charge in [0, 0.05) is 18.2 Å². The first kappa shape index (κ1) is 27.4. The zero-order valence-electron chi connectivity index (χ0n) is 23.4. The monoisotopic (exact) mass is 562 g/mol. The van der Waals surface area contributed by atoms with Gasteiger partial charge in [0.1, 0.15) is 37.4 Å². The summed E-state index contributed by atoms with van der Waals surface area (Å²) in [6.07, 6.45) is 1.31. The van der Waals surface area contributed by atoms with E-state index in [9.17, 15) is 9.59 Å². The molecule has 214 valence electrons. The third kappa shape index (κ3) is 6.41. The van der Waals surface area contributed by atoms with Gasteiger partial charge in [-0.1, -0.05) is 91.0 Å². The smallest absolute Gasteiger partial charge is 0.408 e. The van der Waals surface area contributed by atoms with E-state index in [-0.39, 0.29) is 18.6 Å². The molecule has 4 aromatic carbocycles. The number of fused-ring (bicyclic) bond motifs is 3. The Kier molecular flexibility index (Phi) is 8.36. The molecule has 7 nitrogen and oxygen atoms in total. The van der Waals surface area contributed by atoms with Crippen molar-refractivity contribution in [2.75, 3.05) is 6.54 Å². The molecule has 0 aliphatic carbocycles. The van der Waals surface area contributed by atoms with E-state index in [0.29, 0.717) is 39.0 Å². The van der Waals surface area contributed by atoms with Crippen LogP contribution in [0.15, 0.2) is 103 Å². The van der Waals surface area contributed by atoms with Crippen LogP contribution in [-0.2, 0) is 35.8 Å². The van der Waals surface area contributed by atoms with Gasteiger partial charge < -0.3 is 24.4 Å². The molecule has 1 fully saturated rings. The van der Waals surface area contributed by atoms with Crippen molar-refractivity contribution in [3.63, 3.8) is 0 Å². The van der Waals surface area contributed by atoms with E-state index in [2.05, 4.69) is 11.4 Å². The van der Waals surface area contributed by atoms with Crippen LogP contribution in [0.5, 0.6) is 11.5 Å². The molecule has 7 heteroatoms. The first-order valence-corrected chi connectivity index (χ1v) is 14.4. The average molecular weight is 563 g/mol. The van der Waals surface area contributed by atoms with Gasteiger partial charge in [-0.2, -0.15) is 0 Å². The van der Waals surface area contributed by atoms with Crippen LogP contribution in [0.3, 0.4) is 0 Å². The van der Waals surface area contributed by atoms with E-state index in [0.717, 1.165) is 39.3 Å². The van der Waals surface area contributed by atoms with Crippen LogP contribution >= 0.6 is 0 Å². The highest BCUT2D eigenvalue weighted by molar-refractivity contribution is 5.87. The van der Waals surface area contributed by atoms with E-state index < -0.39 is 12.1 Å². The summed E-state index contributed by atoms with van der Waals surface area (Å²) in [5.74, 6) is 1.39. The van der Waals surface area contributed by atoms with Crippen molar-refractivity contribution in [3.8, 4) is 11.5 Å². The molecule has 2 amide bonds. The number of rotatable bonds is 9. The zero-order valence-corrected chi connectivity index (χ0v) is 23.4. The Morgan fingerprint density at radius 2 is 1.36 bits per heavy atom. The SMILES string of the molecule is O=C(N[C@H]1CC[C@H]2c3c(cc(OCc4ccccc4)cc3OCc3ccccc3)CCN2C1=O)OCc1ccccc1. The molecule has 1 saturated heterocycles. The van der Waals surface area contributed by atoms with E-state index in [1.165, 1.54) is 0 Å². The summed E-state index contributed by atoms with van der Waals surface area (Å²) in [6, 6.07) is 32.9. The molecule has 4 aromatic rings. The second-order valence-electron chi connectivity index (χ2n) is 10.7. The summed E-state index contributed by atoms with van der Waals surface area (Å²) in [6.45, 7) is 1.59. The quantitative estimate of drug-likeness (QED) is 0.257. The van der Waals surface area contributed by atoms with Crippen LogP contribution in [0.25, 0.3) is 0 Å². The van der Waals surface area contributed by atoms with E-state index in [4.69, 9.17) is 14.2 Å². The van der Waals surface area contributed by atoms with Crippen molar-refractivity contribution < 1.29 is 23.8 Å². The number of piperidine rings is 1. The van der Waals surface area contributed by atoms with E-state index in [1.54, 1.807) is 0 Å². The van der Waals surface area contributed by atoms with Gasteiger partial charge in [-0.25, -0.2) is 4.79 Å². The molecule has 0 spiro atoms. The summed E-state index contributed by atoms with van der Waals surface area (Å²) < 4.78 is 18.0. The molecule has 0 saturated carbocycles. The van der Waals surface area contributed by atoms with Crippen LogP contribution in [0, 0.1) is 0 Å². The van der Waals surface area contributed by atoms with Crippen molar-refractivity contribution >= 4 is 12.0 Å². The summed E-state index contributed by atoms with van der Waals surface area (Å²) in [7, 11) is 0. The van der Waals surface area contributed by atoms with Gasteiger partial charge in [0.25, 0.3) is 0 Å². The third-order valence-electron chi connectivity index (χ3n) is 7.83. The number of amides is 2. The van der Waals surface area contributed by atoms with Crippen LogP contribution in [-0.4, -0.2) is 29.5 Å². The minimum Gasteiger partial charge on any atom is -0.489 e. The second-order valence-corrected chi connectivity index (χ2v) is 10.7. The number of nitrogens with zero attached hydrogens (tertiary/aromatic N) is 1. The Morgan fingerprint density at radius 3 is 2.00 bits per heavy atom. The summed E-state index contributed by atoms with van der Waals surface area (Å²) in [4.78, 5) is 28.0. The number of nitrogens with one attached hydrogen (secondary N) is 1. The summed E-state index contributed by atoms with van der Waals surface area (Å²) >= 11 is 0. The Labute approximate surface area is 246 Å². The molecule has 0 aromatic heterocycles. The lowest BCUT2D eigenvalue weighted by Crippen LogP contribution is -2.55. The molecular weight excluding hydrogens is 528 g/mol. The number of hydrogen-bond donors (Lipinski definition) is 1. The van der Waals surface area contributed by atoms with Gasteiger partial charge in [-0.3, -0.25) is 4.79 Å². The predicted molar refractivity (Wildman–Crippen MR) is 159 cm³/mol. The van der Waals surface area contributed by atoms with Crippen molar-refractivity contribution in [1.29, 1.82) is 0 Å². The molecule has 42 heavy (non-hydrogen) atoms. The normalized spacial score (nSPS) is 17.5. The highest BCUT2D eigenvalue weighted by atomic mass is 16.5.